The Morgan fingerprint density at radius 3 is 2.57 bits per heavy atom. The first-order chi connectivity index (χ1) is 14.4. The van der Waals surface area contributed by atoms with Crippen LogP contribution in [-0.4, -0.2) is 67.4 Å². The van der Waals surface area contributed by atoms with E-state index in [4.69, 9.17) is 9.72 Å². The van der Waals surface area contributed by atoms with E-state index in [9.17, 15) is 13.2 Å². The Kier molecular flexibility index (Phi) is 5.94. The highest BCUT2D eigenvalue weighted by molar-refractivity contribution is 5.46. The Hall–Kier alpha value is -2.62. The lowest BCUT2D eigenvalue weighted by atomic mass is 10.0. The summed E-state index contributed by atoms with van der Waals surface area (Å²) in [6.07, 6.45) is 0.365. The standard InChI is InChI=1S/C20H25F3N6O/c1-27(19-25-7-5-17(26-19)28-9-11-30-12-10-28)16-3-2-8-29(14-16)18-13-15(4-6-24-18)20(21,22)23/h4-7,13,16H,2-3,8-12,14H2,1H3. The molecule has 0 amide bonds. The third-order valence-corrected chi connectivity index (χ3v) is 5.62. The maximum Gasteiger partial charge on any atom is 0.416 e. The third kappa shape index (κ3) is 4.58. The van der Waals surface area contributed by atoms with E-state index in [1.165, 1.54) is 6.20 Å². The molecule has 1 unspecified atom stereocenters. The normalized spacial score (nSPS) is 20.3. The second-order valence-electron chi connectivity index (χ2n) is 7.57. The van der Waals surface area contributed by atoms with Crippen molar-refractivity contribution in [1.29, 1.82) is 0 Å². The van der Waals surface area contributed by atoms with Crippen molar-refractivity contribution in [2.75, 3.05) is 61.1 Å². The first-order valence-corrected chi connectivity index (χ1v) is 10.1. The zero-order chi connectivity index (χ0) is 21.1. The minimum atomic E-state index is -4.38. The van der Waals surface area contributed by atoms with Gasteiger partial charge in [-0.15, -0.1) is 0 Å². The highest BCUT2D eigenvalue weighted by atomic mass is 19.4. The Balaban J connectivity index is 1.48. The van der Waals surface area contributed by atoms with Crippen LogP contribution in [0.2, 0.25) is 0 Å². The Morgan fingerprint density at radius 2 is 1.80 bits per heavy atom. The molecule has 2 fully saturated rings. The summed E-state index contributed by atoms with van der Waals surface area (Å²) >= 11 is 0. The number of likely N-dealkylation sites (N-methyl/N-ethyl adjacent to an activating group) is 1. The van der Waals surface area contributed by atoms with E-state index in [-0.39, 0.29) is 6.04 Å². The number of nitrogens with zero attached hydrogens (tertiary/aromatic N) is 6. The summed E-state index contributed by atoms with van der Waals surface area (Å²) in [5.74, 6) is 1.83. The van der Waals surface area contributed by atoms with E-state index in [2.05, 4.69) is 14.9 Å². The highest BCUT2D eigenvalue weighted by Crippen LogP contribution is 2.31. The predicted molar refractivity (Wildman–Crippen MR) is 108 cm³/mol. The van der Waals surface area contributed by atoms with Gasteiger partial charge in [0.1, 0.15) is 11.6 Å². The largest absolute Gasteiger partial charge is 0.416 e. The zero-order valence-corrected chi connectivity index (χ0v) is 16.8. The minimum Gasteiger partial charge on any atom is -0.378 e. The van der Waals surface area contributed by atoms with Crippen molar-refractivity contribution in [2.45, 2.75) is 25.1 Å². The van der Waals surface area contributed by atoms with Crippen LogP contribution in [0.15, 0.2) is 30.6 Å². The molecule has 30 heavy (non-hydrogen) atoms. The van der Waals surface area contributed by atoms with Crippen molar-refractivity contribution in [3.63, 3.8) is 0 Å². The number of hydrogen-bond donors (Lipinski definition) is 0. The molecule has 0 aromatic carbocycles. The summed E-state index contributed by atoms with van der Waals surface area (Å²) in [5.41, 5.74) is -0.676. The van der Waals surface area contributed by atoms with Crippen molar-refractivity contribution in [2.24, 2.45) is 0 Å². The molecule has 2 aromatic rings. The fourth-order valence-corrected chi connectivity index (χ4v) is 3.89. The molecular formula is C20H25F3N6O. The fraction of sp³-hybridized carbons (Fsp3) is 0.550. The summed E-state index contributed by atoms with van der Waals surface area (Å²) in [7, 11) is 1.94. The number of aromatic nitrogens is 3. The quantitative estimate of drug-likeness (QED) is 0.751. The Labute approximate surface area is 173 Å². The Morgan fingerprint density at radius 1 is 1.03 bits per heavy atom. The summed E-state index contributed by atoms with van der Waals surface area (Å²) in [6, 6.07) is 4.09. The van der Waals surface area contributed by atoms with E-state index in [1.54, 1.807) is 6.20 Å². The molecule has 0 aliphatic carbocycles. The molecule has 4 heterocycles. The van der Waals surface area contributed by atoms with Crippen LogP contribution >= 0.6 is 0 Å². The van der Waals surface area contributed by atoms with E-state index >= 15 is 0 Å². The van der Waals surface area contributed by atoms with Crippen LogP contribution in [-0.2, 0) is 10.9 Å². The molecule has 0 radical (unpaired) electrons. The lowest BCUT2D eigenvalue weighted by molar-refractivity contribution is -0.137. The van der Waals surface area contributed by atoms with Gasteiger partial charge in [0.25, 0.3) is 0 Å². The van der Waals surface area contributed by atoms with Gasteiger partial charge in [-0.25, -0.2) is 9.97 Å². The van der Waals surface area contributed by atoms with Crippen LogP contribution < -0.4 is 14.7 Å². The molecule has 2 aliphatic rings. The van der Waals surface area contributed by atoms with Crippen LogP contribution in [0.5, 0.6) is 0 Å². The molecule has 2 aromatic heterocycles. The number of rotatable bonds is 4. The van der Waals surface area contributed by atoms with Crippen LogP contribution in [0.3, 0.4) is 0 Å². The lowest BCUT2D eigenvalue weighted by Crippen LogP contribution is -2.47. The van der Waals surface area contributed by atoms with Gasteiger partial charge in [-0.2, -0.15) is 18.2 Å². The third-order valence-electron chi connectivity index (χ3n) is 5.62. The minimum absolute atomic E-state index is 0.0787. The maximum absolute atomic E-state index is 13.1. The summed E-state index contributed by atoms with van der Waals surface area (Å²) in [5, 5.41) is 0. The van der Waals surface area contributed by atoms with Gasteiger partial charge < -0.3 is 19.4 Å². The fourth-order valence-electron chi connectivity index (χ4n) is 3.89. The van der Waals surface area contributed by atoms with Crippen molar-refractivity contribution >= 4 is 17.6 Å². The van der Waals surface area contributed by atoms with E-state index < -0.39 is 11.7 Å². The number of hydrogen-bond acceptors (Lipinski definition) is 7. The highest BCUT2D eigenvalue weighted by Gasteiger charge is 2.32. The second kappa shape index (κ2) is 8.63. The van der Waals surface area contributed by atoms with Crippen LogP contribution in [0.1, 0.15) is 18.4 Å². The average Bonchev–Trinajstić information content (AvgIpc) is 2.79. The Bertz CT molecular complexity index is 858. The molecule has 0 saturated carbocycles. The van der Waals surface area contributed by atoms with Gasteiger partial charge in [-0.3, -0.25) is 0 Å². The zero-order valence-electron chi connectivity index (χ0n) is 16.8. The van der Waals surface area contributed by atoms with Gasteiger partial charge in [0.05, 0.1) is 18.8 Å². The van der Waals surface area contributed by atoms with E-state index in [0.29, 0.717) is 38.1 Å². The maximum atomic E-state index is 13.1. The molecule has 1 atom stereocenters. The van der Waals surface area contributed by atoms with Crippen molar-refractivity contribution in [1.82, 2.24) is 15.0 Å². The number of morpholine rings is 1. The van der Waals surface area contributed by atoms with Gasteiger partial charge in [0.2, 0.25) is 5.95 Å². The molecule has 0 spiro atoms. The summed E-state index contributed by atoms with van der Waals surface area (Å²) in [6.45, 7) is 4.17. The number of anilines is 3. The summed E-state index contributed by atoms with van der Waals surface area (Å²) in [4.78, 5) is 19.4. The number of pyridine rings is 1. The molecule has 2 saturated heterocycles. The smallest absolute Gasteiger partial charge is 0.378 e. The molecular weight excluding hydrogens is 397 g/mol. The number of piperidine rings is 1. The molecule has 0 N–H and O–H groups in total. The lowest BCUT2D eigenvalue weighted by Gasteiger charge is -2.38. The van der Waals surface area contributed by atoms with E-state index in [1.807, 2.05) is 22.9 Å². The van der Waals surface area contributed by atoms with Crippen LogP contribution in [0, 0.1) is 0 Å². The predicted octanol–water partition coefficient (Wildman–Crippen LogP) is 2.83. The molecule has 162 valence electrons. The monoisotopic (exact) mass is 422 g/mol. The molecule has 10 heteroatoms. The number of alkyl halides is 3. The van der Waals surface area contributed by atoms with Gasteiger partial charge >= 0.3 is 6.18 Å². The van der Waals surface area contributed by atoms with E-state index in [0.717, 1.165) is 43.9 Å². The first kappa shape index (κ1) is 20.6. The molecule has 7 nitrogen and oxygen atoms in total. The van der Waals surface area contributed by atoms with Gasteiger partial charge in [-0.1, -0.05) is 0 Å². The number of ether oxygens (including phenoxy) is 1. The van der Waals surface area contributed by atoms with Crippen molar-refractivity contribution in [3.05, 3.63) is 36.2 Å². The average molecular weight is 422 g/mol. The molecule has 0 bridgehead atoms. The molecule has 4 rings (SSSR count). The van der Waals surface area contributed by atoms with Gasteiger partial charge in [0, 0.05) is 51.7 Å². The van der Waals surface area contributed by atoms with Crippen LogP contribution in [0.4, 0.5) is 30.8 Å². The molecule has 2 aliphatic heterocycles. The van der Waals surface area contributed by atoms with Gasteiger partial charge in [-0.05, 0) is 31.0 Å². The van der Waals surface area contributed by atoms with Crippen molar-refractivity contribution in [3.8, 4) is 0 Å². The first-order valence-electron chi connectivity index (χ1n) is 10.1. The SMILES string of the molecule is CN(c1nccc(N2CCOCC2)n1)C1CCCN(c2cc(C(F)(F)F)ccn2)C1. The number of halogens is 3. The van der Waals surface area contributed by atoms with Crippen LogP contribution in [0.25, 0.3) is 0 Å². The second-order valence-corrected chi connectivity index (χ2v) is 7.57. The van der Waals surface area contributed by atoms with Crippen molar-refractivity contribution < 1.29 is 17.9 Å². The van der Waals surface area contributed by atoms with Gasteiger partial charge in [0.15, 0.2) is 0 Å². The summed E-state index contributed by atoms with van der Waals surface area (Å²) < 4.78 is 44.6. The topological polar surface area (TPSA) is 57.6 Å².